The lowest BCUT2D eigenvalue weighted by atomic mass is 10.0. The number of nitrogens with zero attached hydrogens (tertiary/aromatic N) is 1. The maximum atomic E-state index is 12.1. The van der Waals surface area contributed by atoms with E-state index in [1.807, 2.05) is 29.1 Å². The fraction of sp³-hybridized carbons (Fsp3) is 0.333. The first-order chi connectivity index (χ1) is 9.83. The van der Waals surface area contributed by atoms with Crippen LogP contribution in [0, 0.1) is 0 Å². The fourth-order valence-corrected chi connectivity index (χ4v) is 2.98. The summed E-state index contributed by atoms with van der Waals surface area (Å²) >= 11 is 1.58. The van der Waals surface area contributed by atoms with E-state index in [1.54, 1.807) is 11.3 Å². The van der Waals surface area contributed by atoms with Gasteiger partial charge in [0.1, 0.15) is 0 Å². The molecule has 2 aromatic rings. The second kappa shape index (κ2) is 6.05. The average Bonchev–Trinajstić information content (AvgIpc) is 3.00. The van der Waals surface area contributed by atoms with Crippen LogP contribution in [0.15, 0.2) is 29.1 Å². The number of anilines is 1. The van der Waals surface area contributed by atoms with Crippen molar-refractivity contribution in [3.8, 4) is 0 Å². The van der Waals surface area contributed by atoms with Gasteiger partial charge in [-0.25, -0.2) is 4.98 Å². The Morgan fingerprint density at radius 2 is 2.40 bits per heavy atom. The first kappa shape index (κ1) is 13.1. The Labute approximate surface area is 122 Å². The SMILES string of the molecule is O=C(NCCc1cscn1)c1ccc2c(c1)CCCN2. The van der Waals surface area contributed by atoms with Crippen molar-refractivity contribution in [2.75, 3.05) is 18.4 Å². The normalized spacial score (nSPS) is 13.4. The Balaban J connectivity index is 1.59. The molecule has 1 aromatic heterocycles. The number of aromatic nitrogens is 1. The lowest BCUT2D eigenvalue weighted by molar-refractivity contribution is 0.0954. The van der Waals surface area contributed by atoms with Gasteiger partial charge in [0.25, 0.3) is 5.91 Å². The van der Waals surface area contributed by atoms with Gasteiger partial charge in [-0.2, -0.15) is 0 Å². The highest BCUT2D eigenvalue weighted by Gasteiger charge is 2.12. The molecule has 1 aromatic carbocycles. The molecule has 4 nitrogen and oxygen atoms in total. The van der Waals surface area contributed by atoms with Crippen LogP contribution in [-0.4, -0.2) is 24.0 Å². The molecule has 2 heterocycles. The molecule has 104 valence electrons. The number of rotatable bonds is 4. The molecule has 20 heavy (non-hydrogen) atoms. The van der Waals surface area contributed by atoms with Gasteiger partial charge in [0.2, 0.25) is 0 Å². The molecule has 5 heteroatoms. The van der Waals surface area contributed by atoms with Crippen LogP contribution in [0.5, 0.6) is 0 Å². The molecular weight excluding hydrogens is 270 g/mol. The first-order valence-electron chi connectivity index (χ1n) is 6.85. The number of benzene rings is 1. The number of nitrogens with one attached hydrogen (secondary N) is 2. The van der Waals surface area contributed by atoms with Crippen molar-refractivity contribution < 1.29 is 4.79 Å². The number of aryl methyl sites for hydroxylation is 1. The summed E-state index contributed by atoms with van der Waals surface area (Å²) in [4.78, 5) is 16.3. The summed E-state index contributed by atoms with van der Waals surface area (Å²) in [5, 5.41) is 8.31. The molecule has 0 aliphatic carbocycles. The van der Waals surface area contributed by atoms with E-state index >= 15 is 0 Å². The van der Waals surface area contributed by atoms with Gasteiger partial charge in [0.15, 0.2) is 0 Å². The molecule has 0 radical (unpaired) electrons. The predicted molar refractivity (Wildman–Crippen MR) is 81.4 cm³/mol. The Bertz CT molecular complexity index is 595. The molecule has 0 atom stereocenters. The van der Waals surface area contributed by atoms with Gasteiger partial charge in [-0.1, -0.05) is 0 Å². The van der Waals surface area contributed by atoms with Gasteiger partial charge in [0.05, 0.1) is 11.2 Å². The second-order valence-corrected chi connectivity index (χ2v) is 5.61. The van der Waals surface area contributed by atoms with Gasteiger partial charge in [-0.3, -0.25) is 4.79 Å². The second-order valence-electron chi connectivity index (χ2n) is 4.89. The van der Waals surface area contributed by atoms with Crippen LogP contribution in [0.25, 0.3) is 0 Å². The van der Waals surface area contributed by atoms with E-state index in [9.17, 15) is 4.79 Å². The third kappa shape index (κ3) is 2.99. The Kier molecular flexibility index (Phi) is 3.97. The van der Waals surface area contributed by atoms with Gasteiger partial charge < -0.3 is 10.6 Å². The molecule has 2 N–H and O–H groups in total. The topological polar surface area (TPSA) is 54.0 Å². The van der Waals surface area contributed by atoms with E-state index in [2.05, 4.69) is 15.6 Å². The minimum atomic E-state index is -0.00592. The predicted octanol–water partition coefficient (Wildman–Crippen LogP) is 2.47. The van der Waals surface area contributed by atoms with Crippen LogP contribution in [0.1, 0.15) is 28.0 Å². The molecular formula is C15H17N3OS. The van der Waals surface area contributed by atoms with Gasteiger partial charge >= 0.3 is 0 Å². The first-order valence-corrected chi connectivity index (χ1v) is 7.79. The highest BCUT2D eigenvalue weighted by Crippen LogP contribution is 2.22. The van der Waals surface area contributed by atoms with E-state index in [1.165, 1.54) is 5.56 Å². The minimum Gasteiger partial charge on any atom is -0.385 e. The summed E-state index contributed by atoms with van der Waals surface area (Å²) in [7, 11) is 0. The van der Waals surface area contributed by atoms with E-state index in [4.69, 9.17) is 0 Å². The Morgan fingerprint density at radius 3 is 3.25 bits per heavy atom. The molecule has 0 spiro atoms. The van der Waals surface area contributed by atoms with Crippen molar-refractivity contribution in [1.29, 1.82) is 0 Å². The van der Waals surface area contributed by atoms with Crippen LogP contribution in [0.2, 0.25) is 0 Å². The molecule has 0 saturated carbocycles. The van der Waals surface area contributed by atoms with E-state index in [0.29, 0.717) is 6.54 Å². The monoisotopic (exact) mass is 287 g/mol. The van der Waals surface area contributed by atoms with Crippen molar-refractivity contribution in [2.24, 2.45) is 0 Å². The number of hydrogen-bond acceptors (Lipinski definition) is 4. The number of carbonyl (C=O) groups is 1. The largest absolute Gasteiger partial charge is 0.385 e. The minimum absolute atomic E-state index is 0.00592. The average molecular weight is 287 g/mol. The van der Waals surface area contributed by atoms with Gasteiger partial charge in [-0.05, 0) is 36.6 Å². The third-order valence-corrected chi connectivity index (χ3v) is 4.09. The number of hydrogen-bond donors (Lipinski definition) is 2. The summed E-state index contributed by atoms with van der Waals surface area (Å²) < 4.78 is 0. The van der Waals surface area contributed by atoms with Crippen molar-refractivity contribution in [1.82, 2.24) is 10.3 Å². The van der Waals surface area contributed by atoms with E-state index in [0.717, 1.165) is 42.8 Å². The number of carbonyl (C=O) groups excluding carboxylic acids is 1. The van der Waals surface area contributed by atoms with Crippen LogP contribution in [0.4, 0.5) is 5.69 Å². The van der Waals surface area contributed by atoms with Crippen LogP contribution in [-0.2, 0) is 12.8 Å². The summed E-state index contributed by atoms with van der Waals surface area (Å²) in [6.07, 6.45) is 2.95. The quantitative estimate of drug-likeness (QED) is 0.908. The summed E-state index contributed by atoms with van der Waals surface area (Å²) in [6, 6.07) is 5.89. The molecule has 1 aliphatic rings. The zero-order valence-corrected chi connectivity index (χ0v) is 12.0. The van der Waals surface area contributed by atoms with Crippen LogP contribution < -0.4 is 10.6 Å². The van der Waals surface area contributed by atoms with Crippen molar-refractivity contribution >= 4 is 22.9 Å². The molecule has 0 saturated heterocycles. The summed E-state index contributed by atoms with van der Waals surface area (Å²) in [5.41, 5.74) is 5.99. The highest BCUT2D eigenvalue weighted by molar-refractivity contribution is 7.07. The zero-order valence-electron chi connectivity index (χ0n) is 11.2. The van der Waals surface area contributed by atoms with Gasteiger partial charge in [0, 0.05) is 36.1 Å². The summed E-state index contributed by atoms with van der Waals surface area (Å²) in [5.74, 6) is -0.00592. The molecule has 0 unspecified atom stereocenters. The van der Waals surface area contributed by atoms with Crippen molar-refractivity contribution in [2.45, 2.75) is 19.3 Å². The smallest absolute Gasteiger partial charge is 0.251 e. The maximum absolute atomic E-state index is 12.1. The van der Waals surface area contributed by atoms with Gasteiger partial charge in [-0.15, -0.1) is 11.3 Å². The lowest BCUT2D eigenvalue weighted by Crippen LogP contribution is -2.26. The number of thiazole rings is 1. The molecule has 1 aliphatic heterocycles. The molecule has 3 rings (SSSR count). The Morgan fingerprint density at radius 1 is 1.45 bits per heavy atom. The van der Waals surface area contributed by atoms with E-state index < -0.39 is 0 Å². The fourth-order valence-electron chi connectivity index (χ4n) is 2.38. The van der Waals surface area contributed by atoms with Crippen LogP contribution in [0.3, 0.4) is 0 Å². The number of amides is 1. The zero-order chi connectivity index (χ0) is 13.8. The number of fused-ring (bicyclic) bond motifs is 1. The lowest BCUT2D eigenvalue weighted by Gasteiger charge is -2.18. The molecule has 0 fully saturated rings. The summed E-state index contributed by atoms with van der Waals surface area (Å²) in [6.45, 7) is 1.64. The Hall–Kier alpha value is -1.88. The molecule has 1 amide bonds. The molecule has 0 bridgehead atoms. The van der Waals surface area contributed by atoms with Crippen LogP contribution >= 0.6 is 11.3 Å². The maximum Gasteiger partial charge on any atom is 0.251 e. The van der Waals surface area contributed by atoms with Crippen molar-refractivity contribution in [3.63, 3.8) is 0 Å². The third-order valence-electron chi connectivity index (χ3n) is 3.46. The highest BCUT2D eigenvalue weighted by atomic mass is 32.1. The van der Waals surface area contributed by atoms with Crippen molar-refractivity contribution in [3.05, 3.63) is 45.9 Å². The van der Waals surface area contributed by atoms with E-state index in [-0.39, 0.29) is 5.91 Å². The standard InChI is InChI=1S/C15H17N3OS/c19-15(17-7-5-13-9-20-10-18-13)12-3-4-14-11(8-12)2-1-6-16-14/h3-4,8-10,16H,1-2,5-7H2,(H,17,19).